The van der Waals surface area contributed by atoms with E-state index in [2.05, 4.69) is 0 Å². The lowest BCUT2D eigenvalue weighted by atomic mass is 9.94. The molecular weight excluding hydrogens is 388 g/mol. The average Bonchev–Trinajstić information content (AvgIpc) is 2.84. The molecule has 26 heavy (non-hydrogen) atoms. The lowest BCUT2D eigenvalue weighted by Crippen LogP contribution is -2.14. The molecule has 1 heterocycles. The van der Waals surface area contributed by atoms with Gasteiger partial charge in [0, 0.05) is 18.6 Å². The summed E-state index contributed by atoms with van der Waals surface area (Å²) in [6, 6.07) is 2.31. The minimum atomic E-state index is -0.726. The number of hydrogen-bond acceptors (Lipinski definition) is 5. The van der Waals surface area contributed by atoms with E-state index in [0.717, 1.165) is 10.6 Å². The van der Waals surface area contributed by atoms with E-state index in [1.165, 1.54) is 13.2 Å². The first-order chi connectivity index (χ1) is 12.2. The van der Waals surface area contributed by atoms with E-state index in [9.17, 15) is 9.18 Å². The van der Waals surface area contributed by atoms with E-state index >= 15 is 0 Å². The van der Waals surface area contributed by atoms with Gasteiger partial charge >= 0.3 is 5.76 Å². The van der Waals surface area contributed by atoms with Gasteiger partial charge in [0.05, 0.1) is 23.9 Å². The van der Waals surface area contributed by atoms with Gasteiger partial charge in [-0.1, -0.05) is 44.0 Å². The van der Waals surface area contributed by atoms with Crippen molar-refractivity contribution in [3.63, 3.8) is 0 Å². The largest absolute Gasteiger partial charge is 0.464 e. The van der Waals surface area contributed by atoms with Crippen molar-refractivity contribution in [2.45, 2.75) is 26.2 Å². The maximum absolute atomic E-state index is 14.1. The second-order valence-corrected chi connectivity index (χ2v) is 7.24. The summed E-state index contributed by atoms with van der Waals surface area (Å²) in [6.07, 6.45) is 0. The van der Waals surface area contributed by atoms with E-state index in [0.29, 0.717) is 19.0 Å². The van der Waals surface area contributed by atoms with E-state index in [4.69, 9.17) is 41.8 Å². The molecule has 9 heteroatoms. The number of aromatic nitrogens is 1. The average molecular weight is 408 g/mol. The molecule has 0 fully saturated rings. The minimum absolute atomic E-state index is 0.0135. The van der Waals surface area contributed by atoms with Crippen molar-refractivity contribution in [2.24, 2.45) is 0 Å². The van der Waals surface area contributed by atoms with Crippen LogP contribution < -0.4 is 10.5 Å². The molecule has 6 nitrogen and oxygen atoms in total. The zero-order valence-corrected chi connectivity index (χ0v) is 16.4. The van der Waals surface area contributed by atoms with Crippen LogP contribution in [0.4, 0.5) is 4.39 Å². The van der Waals surface area contributed by atoms with Crippen molar-refractivity contribution in [1.82, 2.24) is 4.57 Å². The molecule has 0 amide bonds. The van der Waals surface area contributed by atoms with Crippen molar-refractivity contribution in [3.05, 3.63) is 44.4 Å². The van der Waals surface area contributed by atoms with Gasteiger partial charge in [0.2, 0.25) is 0 Å². The van der Waals surface area contributed by atoms with Gasteiger partial charge in [-0.15, -0.1) is 0 Å². The fourth-order valence-corrected chi connectivity index (χ4v) is 2.85. The van der Waals surface area contributed by atoms with Crippen LogP contribution in [0.25, 0.3) is 5.69 Å². The van der Waals surface area contributed by atoms with Gasteiger partial charge in [-0.2, -0.15) is 0 Å². The Morgan fingerprint density at radius 1 is 1.23 bits per heavy atom. The fourth-order valence-electron chi connectivity index (χ4n) is 2.13. The Balaban J connectivity index is 2.37. The van der Waals surface area contributed by atoms with Crippen molar-refractivity contribution >= 4 is 23.2 Å². The van der Waals surface area contributed by atoms with E-state index < -0.39 is 17.0 Å². The number of rotatable bonds is 7. The van der Waals surface area contributed by atoms with Gasteiger partial charge in [0.1, 0.15) is 0 Å². The standard InChI is InChI=1S/C17H20Cl2FNO5/c1-17(2,3)14-15(19)21(16(22)26-14)12-8-13(11(20)7-10(12)18)25-9-24-6-5-23-4/h7-8H,5-6,9H2,1-4H3. The second-order valence-electron chi connectivity index (χ2n) is 6.47. The topological polar surface area (TPSA) is 62.8 Å². The molecule has 0 N–H and O–H groups in total. The van der Waals surface area contributed by atoms with Gasteiger partial charge in [0.25, 0.3) is 0 Å². The van der Waals surface area contributed by atoms with Crippen LogP contribution in [-0.2, 0) is 14.9 Å². The van der Waals surface area contributed by atoms with E-state index in [1.54, 1.807) is 0 Å². The summed E-state index contributed by atoms with van der Waals surface area (Å²) in [7, 11) is 1.54. The van der Waals surface area contributed by atoms with Crippen molar-refractivity contribution in [3.8, 4) is 11.4 Å². The Morgan fingerprint density at radius 2 is 1.92 bits per heavy atom. The first-order valence-corrected chi connectivity index (χ1v) is 8.53. The molecule has 2 rings (SSSR count). The Bertz CT molecular complexity index is 826. The Morgan fingerprint density at radius 3 is 2.50 bits per heavy atom. The van der Waals surface area contributed by atoms with Crippen LogP contribution in [-0.4, -0.2) is 31.7 Å². The third-order valence-corrected chi connectivity index (χ3v) is 4.05. The quantitative estimate of drug-likeness (QED) is 0.508. The number of nitrogens with zero attached hydrogens (tertiary/aromatic N) is 1. The number of benzene rings is 1. The zero-order valence-electron chi connectivity index (χ0n) is 14.9. The van der Waals surface area contributed by atoms with Gasteiger partial charge in [-0.3, -0.25) is 0 Å². The van der Waals surface area contributed by atoms with Crippen molar-refractivity contribution in [2.75, 3.05) is 27.1 Å². The smallest absolute Gasteiger partial charge is 0.425 e. The summed E-state index contributed by atoms with van der Waals surface area (Å²) >= 11 is 12.4. The van der Waals surface area contributed by atoms with Crippen molar-refractivity contribution in [1.29, 1.82) is 0 Å². The Kier molecular flexibility index (Phi) is 6.74. The highest BCUT2D eigenvalue weighted by Gasteiger charge is 2.28. The lowest BCUT2D eigenvalue weighted by molar-refractivity contribution is -0.0100. The Hall–Kier alpha value is -1.54. The third kappa shape index (κ3) is 4.59. The van der Waals surface area contributed by atoms with Gasteiger partial charge < -0.3 is 18.6 Å². The molecule has 144 valence electrons. The number of hydrogen-bond donors (Lipinski definition) is 0. The molecule has 0 spiro atoms. The van der Waals surface area contributed by atoms with E-state index in [1.807, 2.05) is 20.8 Å². The molecule has 0 saturated carbocycles. The minimum Gasteiger partial charge on any atom is -0.464 e. The van der Waals surface area contributed by atoms with Crippen LogP contribution in [0.5, 0.6) is 5.75 Å². The molecule has 0 unspecified atom stereocenters. The van der Waals surface area contributed by atoms with Crippen molar-refractivity contribution < 1.29 is 23.0 Å². The molecular formula is C17H20Cl2FNO5. The van der Waals surface area contributed by atoms with Crippen LogP contribution in [0, 0.1) is 5.82 Å². The zero-order chi connectivity index (χ0) is 19.5. The molecule has 0 aliphatic heterocycles. The SMILES string of the molecule is COCCOCOc1cc(-n2c(Cl)c(C(C)(C)C)oc2=O)c(Cl)cc1F. The van der Waals surface area contributed by atoms with Gasteiger partial charge in [0.15, 0.2) is 29.3 Å². The summed E-state index contributed by atoms with van der Waals surface area (Å²) in [5.74, 6) is -1.26. The van der Waals surface area contributed by atoms with Crippen LogP contribution in [0.1, 0.15) is 26.5 Å². The maximum Gasteiger partial charge on any atom is 0.425 e. The van der Waals surface area contributed by atoms with E-state index in [-0.39, 0.29) is 28.4 Å². The van der Waals surface area contributed by atoms with Gasteiger partial charge in [-0.25, -0.2) is 13.8 Å². The Labute approximate surface area is 160 Å². The first-order valence-electron chi connectivity index (χ1n) is 7.77. The molecule has 0 aliphatic carbocycles. The predicted molar refractivity (Wildman–Crippen MR) is 96.3 cm³/mol. The number of oxazole rings is 1. The summed E-state index contributed by atoms with van der Waals surface area (Å²) in [5, 5.41) is 0.0544. The molecule has 0 aliphatic rings. The monoisotopic (exact) mass is 407 g/mol. The van der Waals surface area contributed by atoms with Crippen LogP contribution in [0.3, 0.4) is 0 Å². The van der Waals surface area contributed by atoms with Crippen LogP contribution in [0.15, 0.2) is 21.3 Å². The molecule has 0 atom stereocenters. The number of halogens is 3. The van der Waals surface area contributed by atoms with Crippen LogP contribution in [0.2, 0.25) is 10.2 Å². The van der Waals surface area contributed by atoms with Gasteiger partial charge in [-0.05, 0) is 6.07 Å². The molecule has 1 aromatic carbocycles. The molecule has 1 aromatic heterocycles. The summed E-state index contributed by atoms with van der Waals surface area (Å²) in [5.41, 5.74) is -0.350. The maximum atomic E-state index is 14.1. The third-order valence-electron chi connectivity index (χ3n) is 3.41. The van der Waals surface area contributed by atoms with Crippen LogP contribution >= 0.6 is 23.2 Å². The molecule has 0 bridgehead atoms. The fraction of sp³-hybridized carbons (Fsp3) is 0.471. The molecule has 2 aromatic rings. The number of methoxy groups -OCH3 is 1. The highest BCUT2D eigenvalue weighted by atomic mass is 35.5. The highest BCUT2D eigenvalue weighted by molar-refractivity contribution is 6.33. The second kappa shape index (κ2) is 8.43. The number of ether oxygens (including phenoxy) is 3. The first kappa shape index (κ1) is 20.8. The molecule has 0 radical (unpaired) electrons. The summed E-state index contributed by atoms with van der Waals surface area (Å²) in [4.78, 5) is 12.3. The highest BCUT2D eigenvalue weighted by Crippen LogP contribution is 2.34. The normalized spacial score (nSPS) is 11.8. The summed E-state index contributed by atoms with van der Waals surface area (Å²) < 4.78 is 35.6. The molecule has 0 saturated heterocycles. The lowest BCUT2D eigenvalue weighted by Gasteiger charge is -2.15. The predicted octanol–water partition coefficient (Wildman–Crippen LogP) is 4.17. The summed E-state index contributed by atoms with van der Waals surface area (Å²) in [6.45, 7) is 6.02.